The monoisotopic (exact) mass is 343 g/mol. The van der Waals surface area contributed by atoms with Crippen LogP contribution in [0.15, 0.2) is 0 Å². The molecule has 1 amide bonds. The van der Waals surface area contributed by atoms with Crippen molar-refractivity contribution in [2.45, 2.75) is 96.2 Å². The average molecular weight is 344 g/mol. The lowest BCUT2D eigenvalue weighted by Crippen LogP contribution is -2.59. The molecule has 134 valence electrons. The molecule has 1 aliphatic carbocycles. The molecule has 1 saturated carbocycles. The van der Waals surface area contributed by atoms with Gasteiger partial charge in [-0.05, 0) is 58.2 Å². The van der Waals surface area contributed by atoms with Crippen LogP contribution in [0.5, 0.6) is 0 Å². The van der Waals surface area contributed by atoms with Crippen molar-refractivity contribution in [3.8, 4) is 0 Å². The van der Waals surface area contributed by atoms with Crippen molar-refractivity contribution in [1.29, 1.82) is 0 Å². The van der Waals surface area contributed by atoms with Crippen LogP contribution in [-0.2, 0) is 14.0 Å². The third-order valence-electron chi connectivity index (χ3n) is 4.82. The molecule has 1 N–H and O–H groups in total. The van der Waals surface area contributed by atoms with Gasteiger partial charge in [0, 0.05) is 0 Å². The molecule has 0 aliphatic heterocycles. The summed E-state index contributed by atoms with van der Waals surface area (Å²) < 4.78 is 11.8. The van der Waals surface area contributed by atoms with Crippen LogP contribution < -0.4 is 5.32 Å². The normalized spacial score (nSPS) is 26.0. The highest BCUT2D eigenvalue weighted by Crippen LogP contribution is 2.41. The predicted octanol–water partition coefficient (Wildman–Crippen LogP) is 4.02. The summed E-state index contributed by atoms with van der Waals surface area (Å²) in [4.78, 5) is 24.0. The zero-order valence-corrected chi connectivity index (χ0v) is 16.9. The summed E-state index contributed by atoms with van der Waals surface area (Å²) in [6.07, 6.45) is 2.22. The molecule has 0 aromatic carbocycles. The van der Waals surface area contributed by atoms with Gasteiger partial charge in [0.2, 0.25) is 0 Å². The summed E-state index contributed by atoms with van der Waals surface area (Å²) in [5, 5.41) is 2.84. The molecule has 0 bridgehead atoms. The summed E-state index contributed by atoms with van der Waals surface area (Å²) in [6, 6.07) is 0. The van der Waals surface area contributed by atoms with Crippen molar-refractivity contribution >= 4 is 20.7 Å². The SMILES string of the molecule is CC(C)(C)OC(=O)NC1(C=O)CCCC1O[Si](C)(C)C(C)(C)C. The van der Waals surface area contributed by atoms with Crippen molar-refractivity contribution < 1.29 is 18.8 Å². The van der Waals surface area contributed by atoms with Gasteiger partial charge in [0.05, 0.1) is 6.10 Å². The van der Waals surface area contributed by atoms with Gasteiger partial charge in [-0.25, -0.2) is 4.79 Å². The smallest absolute Gasteiger partial charge is 0.408 e. The van der Waals surface area contributed by atoms with E-state index in [-0.39, 0.29) is 11.1 Å². The van der Waals surface area contributed by atoms with E-state index in [1.54, 1.807) is 20.8 Å². The molecular weight excluding hydrogens is 310 g/mol. The molecule has 0 radical (unpaired) electrons. The summed E-state index contributed by atoms with van der Waals surface area (Å²) in [7, 11) is -2.02. The van der Waals surface area contributed by atoms with E-state index in [0.717, 1.165) is 19.1 Å². The summed E-state index contributed by atoms with van der Waals surface area (Å²) >= 11 is 0. The first-order valence-electron chi connectivity index (χ1n) is 8.38. The van der Waals surface area contributed by atoms with E-state index in [9.17, 15) is 9.59 Å². The quantitative estimate of drug-likeness (QED) is 0.618. The third kappa shape index (κ3) is 5.04. The van der Waals surface area contributed by atoms with E-state index in [1.807, 2.05) is 0 Å². The third-order valence-corrected chi connectivity index (χ3v) is 9.30. The molecule has 2 unspecified atom stereocenters. The first-order valence-corrected chi connectivity index (χ1v) is 11.3. The number of carbonyl (C=O) groups is 2. The number of hydrogen-bond donors (Lipinski definition) is 1. The van der Waals surface area contributed by atoms with Crippen molar-refractivity contribution in [3.05, 3.63) is 0 Å². The Morgan fingerprint density at radius 1 is 1.22 bits per heavy atom. The van der Waals surface area contributed by atoms with E-state index in [1.165, 1.54) is 0 Å². The molecular formula is C17H33NO4Si. The number of ether oxygens (including phenoxy) is 1. The van der Waals surface area contributed by atoms with Crippen LogP contribution in [0.4, 0.5) is 4.79 Å². The topological polar surface area (TPSA) is 64.6 Å². The van der Waals surface area contributed by atoms with Gasteiger partial charge in [0.25, 0.3) is 0 Å². The van der Waals surface area contributed by atoms with Crippen LogP contribution in [0.1, 0.15) is 60.8 Å². The molecule has 0 spiro atoms. The Hall–Kier alpha value is -0.883. The van der Waals surface area contributed by atoms with Crippen LogP contribution in [0, 0.1) is 0 Å². The number of aldehydes is 1. The maximum absolute atomic E-state index is 12.2. The predicted molar refractivity (Wildman–Crippen MR) is 94.1 cm³/mol. The number of alkyl carbamates (subject to hydrolysis) is 1. The lowest BCUT2D eigenvalue weighted by Gasteiger charge is -2.42. The molecule has 1 fully saturated rings. The lowest BCUT2D eigenvalue weighted by atomic mass is 9.97. The number of hydrogen-bond acceptors (Lipinski definition) is 4. The lowest BCUT2D eigenvalue weighted by molar-refractivity contribution is -0.116. The highest BCUT2D eigenvalue weighted by atomic mass is 28.4. The molecule has 6 heteroatoms. The van der Waals surface area contributed by atoms with Crippen LogP contribution in [0.2, 0.25) is 18.1 Å². The van der Waals surface area contributed by atoms with E-state index < -0.39 is 25.6 Å². The minimum atomic E-state index is -2.02. The van der Waals surface area contributed by atoms with E-state index in [4.69, 9.17) is 9.16 Å². The van der Waals surface area contributed by atoms with Gasteiger partial charge in [0.1, 0.15) is 17.4 Å². The van der Waals surface area contributed by atoms with E-state index in [2.05, 4.69) is 39.2 Å². The second-order valence-electron chi connectivity index (χ2n) is 9.04. The fourth-order valence-electron chi connectivity index (χ4n) is 2.50. The Morgan fingerprint density at radius 3 is 2.22 bits per heavy atom. The number of nitrogens with one attached hydrogen (secondary N) is 1. The average Bonchev–Trinajstić information content (AvgIpc) is 2.68. The van der Waals surface area contributed by atoms with Crippen molar-refractivity contribution in [3.63, 3.8) is 0 Å². The summed E-state index contributed by atoms with van der Waals surface area (Å²) in [6.45, 7) is 16.2. The van der Waals surface area contributed by atoms with Crippen LogP contribution in [-0.4, -0.2) is 37.9 Å². The number of rotatable bonds is 4. The Bertz CT molecular complexity index is 450. The first-order chi connectivity index (χ1) is 10.2. The summed E-state index contributed by atoms with van der Waals surface area (Å²) in [5.74, 6) is 0. The molecule has 1 rings (SSSR count). The van der Waals surface area contributed by atoms with Crippen molar-refractivity contribution in [2.75, 3.05) is 0 Å². The molecule has 0 aromatic heterocycles. The van der Waals surface area contributed by atoms with Gasteiger partial charge in [0.15, 0.2) is 8.32 Å². The van der Waals surface area contributed by atoms with Gasteiger partial charge in [-0.15, -0.1) is 0 Å². The first kappa shape index (κ1) is 20.2. The molecule has 0 heterocycles. The second kappa shape index (κ2) is 6.55. The number of carbonyl (C=O) groups excluding carboxylic acids is 2. The van der Waals surface area contributed by atoms with Crippen molar-refractivity contribution in [1.82, 2.24) is 5.32 Å². The summed E-state index contributed by atoms with van der Waals surface area (Å²) in [5.41, 5.74) is -1.57. The zero-order valence-electron chi connectivity index (χ0n) is 15.9. The fourth-order valence-corrected chi connectivity index (χ4v) is 3.89. The van der Waals surface area contributed by atoms with Gasteiger partial charge in [-0.3, -0.25) is 0 Å². The molecule has 5 nitrogen and oxygen atoms in total. The molecule has 0 aromatic rings. The molecule has 0 saturated heterocycles. The fraction of sp³-hybridized carbons (Fsp3) is 0.882. The van der Waals surface area contributed by atoms with Crippen LogP contribution in [0.25, 0.3) is 0 Å². The van der Waals surface area contributed by atoms with Crippen LogP contribution >= 0.6 is 0 Å². The second-order valence-corrected chi connectivity index (χ2v) is 13.8. The molecule has 2 atom stereocenters. The standard InChI is InChI=1S/C17H33NO4Si/c1-15(2,3)21-14(20)18-17(12-19)11-9-10-13(17)22-23(7,8)16(4,5)6/h12-13H,9-11H2,1-8H3,(H,18,20). The van der Waals surface area contributed by atoms with Gasteiger partial charge in [-0.2, -0.15) is 0 Å². The van der Waals surface area contributed by atoms with Gasteiger partial charge in [-0.1, -0.05) is 20.8 Å². The minimum Gasteiger partial charge on any atom is -0.444 e. The maximum Gasteiger partial charge on any atom is 0.408 e. The van der Waals surface area contributed by atoms with Gasteiger partial charge < -0.3 is 19.3 Å². The van der Waals surface area contributed by atoms with E-state index >= 15 is 0 Å². The molecule has 23 heavy (non-hydrogen) atoms. The van der Waals surface area contributed by atoms with Crippen molar-refractivity contribution in [2.24, 2.45) is 0 Å². The zero-order chi connectivity index (χ0) is 18.1. The van der Waals surface area contributed by atoms with Crippen LogP contribution in [0.3, 0.4) is 0 Å². The Morgan fingerprint density at radius 2 is 1.78 bits per heavy atom. The number of amides is 1. The molecule has 1 aliphatic rings. The highest BCUT2D eigenvalue weighted by molar-refractivity contribution is 6.74. The Kier molecular flexibility index (Phi) is 5.74. The maximum atomic E-state index is 12.2. The largest absolute Gasteiger partial charge is 0.444 e. The Labute approximate surface area is 141 Å². The van der Waals surface area contributed by atoms with E-state index in [0.29, 0.717) is 6.42 Å². The minimum absolute atomic E-state index is 0.0517. The Balaban J connectivity index is 2.92. The highest BCUT2D eigenvalue weighted by Gasteiger charge is 2.50. The van der Waals surface area contributed by atoms with Gasteiger partial charge >= 0.3 is 6.09 Å².